The number of nitrogens with one attached hydrogen (secondary N) is 2. The van der Waals surface area contributed by atoms with E-state index in [4.69, 9.17) is 4.74 Å². The smallest absolute Gasteiger partial charge is 0.437 e. The molecular formula is C22H23F3N2O4. The number of hydrogen-bond donors (Lipinski definition) is 3. The van der Waals surface area contributed by atoms with Crippen molar-refractivity contribution in [3.05, 3.63) is 65.2 Å². The van der Waals surface area contributed by atoms with E-state index in [2.05, 4.69) is 5.32 Å². The van der Waals surface area contributed by atoms with E-state index in [9.17, 15) is 27.9 Å². The minimum atomic E-state index is -5.30. The van der Waals surface area contributed by atoms with Crippen LogP contribution in [0.15, 0.2) is 48.5 Å². The van der Waals surface area contributed by atoms with E-state index in [0.29, 0.717) is 12.4 Å². The zero-order chi connectivity index (χ0) is 22.8. The second kappa shape index (κ2) is 8.58. The number of carbonyl (C=O) groups excluding carboxylic acids is 2. The van der Waals surface area contributed by atoms with Crippen LogP contribution in [0.25, 0.3) is 0 Å². The van der Waals surface area contributed by atoms with Gasteiger partial charge in [-0.15, -0.1) is 0 Å². The molecule has 0 spiro atoms. The maximum absolute atomic E-state index is 14.0. The quantitative estimate of drug-likeness (QED) is 0.600. The van der Waals surface area contributed by atoms with Crippen molar-refractivity contribution in [3.8, 4) is 5.75 Å². The van der Waals surface area contributed by atoms with Crippen LogP contribution in [0.3, 0.4) is 0 Å². The van der Waals surface area contributed by atoms with Gasteiger partial charge in [0.2, 0.25) is 5.72 Å². The molecule has 0 aromatic heterocycles. The molecule has 1 aliphatic rings. The SMILES string of the molecule is CCCOc1cccc([C@H]2NC(=O)N[C@@](O)(C(F)(F)F)[C@@H]2C(=O)c2ccc(C)cc2)c1. The van der Waals surface area contributed by atoms with Gasteiger partial charge in [-0.2, -0.15) is 13.2 Å². The van der Waals surface area contributed by atoms with Gasteiger partial charge in [0.05, 0.1) is 12.6 Å². The molecule has 1 heterocycles. The summed E-state index contributed by atoms with van der Waals surface area (Å²) in [5, 5.41) is 14.5. The number of aliphatic hydroxyl groups is 1. The summed E-state index contributed by atoms with van der Waals surface area (Å²) in [7, 11) is 0. The summed E-state index contributed by atoms with van der Waals surface area (Å²) in [5.41, 5.74) is -2.76. The highest BCUT2D eigenvalue weighted by Gasteiger charge is 2.66. The lowest BCUT2D eigenvalue weighted by Gasteiger charge is -2.45. The van der Waals surface area contributed by atoms with Crippen molar-refractivity contribution in [2.45, 2.75) is 38.2 Å². The van der Waals surface area contributed by atoms with E-state index in [-0.39, 0.29) is 11.1 Å². The van der Waals surface area contributed by atoms with Gasteiger partial charge in [-0.3, -0.25) is 4.79 Å². The van der Waals surface area contributed by atoms with Crippen LogP contribution in [0.5, 0.6) is 5.75 Å². The molecule has 3 N–H and O–H groups in total. The highest BCUT2D eigenvalue weighted by molar-refractivity contribution is 6.00. The van der Waals surface area contributed by atoms with E-state index in [1.807, 2.05) is 6.92 Å². The van der Waals surface area contributed by atoms with Crippen LogP contribution in [0.1, 0.15) is 40.9 Å². The molecule has 1 fully saturated rings. The molecule has 0 bridgehead atoms. The van der Waals surface area contributed by atoms with Crippen LogP contribution in [-0.4, -0.2) is 35.4 Å². The molecule has 9 heteroatoms. The Morgan fingerprint density at radius 3 is 2.48 bits per heavy atom. The molecule has 1 aliphatic heterocycles. The second-order valence-corrected chi connectivity index (χ2v) is 7.47. The number of carbonyl (C=O) groups is 2. The van der Waals surface area contributed by atoms with Crippen LogP contribution < -0.4 is 15.4 Å². The average molecular weight is 436 g/mol. The van der Waals surface area contributed by atoms with Gasteiger partial charge in [-0.25, -0.2) is 4.79 Å². The molecule has 166 valence electrons. The van der Waals surface area contributed by atoms with Crippen LogP contribution in [0.2, 0.25) is 0 Å². The van der Waals surface area contributed by atoms with Crippen LogP contribution in [0.4, 0.5) is 18.0 Å². The van der Waals surface area contributed by atoms with E-state index in [1.165, 1.54) is 29.6 Å². The number of ether oxygens (including phenoxy) is 1. The number of Topliss-reactive ketones (excluding diaryl/α,β-unsaturated/α-hetero) is 1. The fraction of sp³-hybridized carbons (Fsp3) is 0.364. The van der Waals surface area contributed by atoms with Gasteiger partial charge in [-0.05, 0) is 31.0 Å². The Morgan fingerprint density at radius 1 is 1.19 bits per heavy atom. The third kappa shape index (κ3) is 4.51. The minimum absolute atomic E-state index is 0.0142. The summed E-state index contributed by atoms with van der Waals surface area (Å²) < 4.78 is 47.4. The van der Waals surface area contributed by atoms with Crippen LogP contribution >= 0.6 is 0 Å². The maximum atomic E-state index is 14.0. The summed E-state index contributed by atoms with van der Waals surface area (Å²) in [4.78, 5) is 25.3. The van der Waals surface area contributed by atoms with Crippen molar-refractivity contribution in [3.63, 3.8) is 0 Å². The number of urea groups is 1. The normalized spacial score (nSPS) is 23.6. The lowest BCUT2D eigenvalue weighted by molar-refractivity contribution is -0.287. The lowest BCUT2D eigenvalue weighted by Crippen LogP contribution is -2.72. The summed E-state index contributed by atoms with van der Waals surface area (Å²) in [6, 6.07) is 9.37. The van der Waals surface area contributed by atoms with Gasteiger partial charge in [0.25, 0.3) is 0 Å². The van der Waals surface area contributed by atoms with Gasteiger partial charge >= 0.3 is 12.2 Å². The molecule has 0 aliphatic carbocycles. The summed E-state index contributed by atoms with van der Waals surface area (Å²) in [5.74, 6) is -2.66. The Kier molecular flexibility index (Phi) is 6.26. The summed E-state index contributed by atoms with van der Waals surface area (Å²) >= 11 is 0. The number of halogens is 3. The third-order valence-corrected chi connectivity index (χ3v) is 5.11. The van der Waals surface area contributed by atoms with Crippen molar-refractivity contribution >= 4 is 11.8 Å². The largest absolute Gasteiger partial charge is 0.494 e. The Labute approximate surface area is 177 Å². The number of rotatable bonds is 6. The Hall–Kier alpha value is -3.07. The zero-order valence-corrected chi connectivity index (χ0v) is 17.0. The summed E-state index contributed by atoms with van der Waals surface area (Å²) in [6.45, 7) is 4.06. The van der Waals surface area contributed by atoms with Crippen molar-refractivity contribution in [1.82, 2.24) is 10.6 Å². The van der Waals surface area contributed by atoms with Crippen molar-refractivity contribution in [2.24, 2.45) is 5.92 Å². The van der Waals surface area contributed by atoms with E-state index >= 15 is 0 Å². The van der Waals surface area contributed by atoms with Gasteiger partial charge < -0.3 is 20.5 Å². The van der Waals surface area contributed by atoms with Gasteiger partial charge in [-0.1, -0.05) is 48.9 Å². The number of aryl methyl sites for hydroxylation is 1. The van der Waals surface area contributed by atoms with Gasteiger partial charge in [0.15, 0.2) is 5.78 Å². The molecule has 2 aromatic rings. The maximum Gasteiger partial charge on any atom is 0.437 e. The van der Waals surface area contributed by atoms with Crippen molar-refractivity contribution < 1.29 is 32.6 Å². The first-order chi connectivity index (χ1) is 14.6. The second-order valence-electron chi connectivity index (χ2n) is 7.47. The standard InChI is InChI=1S/C22H23F3N2O4/c1-3-11-31-16-6-4-5-15(12-16)18-17(19(28)14-9-7-13(2)8-10-14)21(30,22(23,24)25)27-20(29)26-18/h4-10,12,17-18,30H,3,11H2,1-2H3,(H2,26,27,29)/t17-,18+,21-/m0/s1. The molecule has 6 nitrogen and oxygen atoms in total. The fourth-order valence-electron chi connectivity index (χ4n) is 3.53. The predicted octanol–water partition coefficient (Wildman–Crippen LogP) is 3.89. The Morgan fingerprint density at radius 2 is 1.87 bits per heavy atom. The topological polar surface area (TPSA) is 87.7 Å². The number of alkyl halides is 3. The van der Waals surface area contributed by atoms with Crippen molar-refractivity contribution in [2.75, 3.05) is 6.61 Å². The van der Waals surface area contributed by atoms with Crippen LogP contribution in [0, 0.1) is 12.8 Å². The molecule has 1 saturated heterocycles. The first-order valence-electron chi connectivity index (χ1n) is 9.78. The monoisotopic (exact) mass is 436 g/mol. The Bertz CT molecular complexity index is 962. The van der Waals surface area contributed by atoms with Crippen molar-refractivity contribution in [1.29, 1.82) is 0 Å². The van der Waals surface area contributed by atoms with E-state index in [1.54, 1.807) is 31.2 Å². The number of ketones is 1. The molecule has 3 atom stereocenters. The third-order valence-electron chi connectivity index (χ3n) is 5.11. The molecule has 2 aromatic carbocycles. The number of amides is 2. The van der Waals surface area contributed by atoms with Gasteiger partial charge in [0.1, 0.15) is 11.7 Å². The first-order valence-corrected chi connectivity index (χ1v) is 9.78. The Balaban J connectivity index is 2.11. The highest BCUT2D eigenvalue weighted by Crippen LogP contribution is 2.44. The molecule has 3 rings (SSSR count). The molecule has 2 amide bonds. The minimum Gasteiger partial charge on any atom is -0.494 e. The average Bonchev–Trinajstić information content (AvgIpc) is 2.71. The number of benzene rings is 2. The van der Waals surface area contributed by atoms with Crippen LogP contribution in [-0.2, 0) is 0 Å². The molecular weight excluding hydrogens is 413 g/mol. The van der Waals surface area contributed by atoms with E-state index in [0.717, 1.165) is 12.0 Å². The molecule has 0 radical (unpaired) electrons. The molecule has 31 heavy (non-hydrogen) atoms. The van der Waals surface area contributed by atoms with E-state index < -0.39 is 35.7 Å². The highest BCUT2D eigenvalue weighted by atomic mass is 19.4. The first kappa shape index (κ1) is 22.6. The fourth-order valence-corrected chi connectivity index (χ4v) is 3.53. The lowest BCUT2D eigenvalue weighted by atomic mass is 9.77. The van der Waals surface area contributed by atoms with Gasteiger partial charge in [0, 0.05) is 5.56 Å². The number of hydrogen-bond acceptors (Lipinski definition) is 4. The zero-order valence-electron chi connectivity index (χ0n) is 17.0. The molecule has 0 saturated carbocycles. The summed E-state index contributed by atoms with van der Waals surface area (Å²) in [6.07, 6.45) is -4.58. The molecule has 0 unspecified atom stereocenters. The predicted molar refractivity (Wildman–Crippen MR) is 107 cm³/mol.